The lowest BCUT2D eigenvalue weighted by molar-refractivity contribution is -0.194. The van der Waals surface area contributed by atoms with Gasteiger partial charge in [-0.05, 0) is 19.8 Å². The molecule has 3 aliphatic rings. The molecule has 2 amide bonds. The highest BCUT2D eigenvalue weighted by Crippen LogP contribution is 2.50. The molecule has 5 nitrogen and oxygen atoms in total. The fourth-order valence-electron chi connectivity index (χ4n) is 3.34. The number of amides is 2. The minimum atomic E-state index is -0.598. The second kappa shape index (κ2) is 3.52. The SMILES string of the molecule is CN1C(=O)[C@H]2ON3[C@@H](CBr)CC[C@]3(C)[C@H]2C1=O. The third-order valence-corrected chi connectivity index (χ3v) is 5.11. The van der Waals surface area contributed by atoms with Crippen molar-refractivity contribution in [2.75, 3.05) is 12.4 Å². The molecule has 0 unspecified atom stereocenters. The average Bonchev–Trinajstić information content (AvgIpc) is 2.84. The Balaban J connectivity index is 1.98. The highest BCUT2D eigenvalue weighted by atomic mass is 79.9. The second-order valence-corrected chi connectivity index (χ2v) is 5.92. The molecule has 0 aliphatic carbocycles. The van der Waals surface area contributed by atoms with Crippen molar-refractivity contribution in [1.82, 2.24) is 9.96 Å². The van der Waals surface area contributed by atoms with Gasteiger partial charge in [0.15, 0.2) is 6.10 Å². The van der Waals surface area contributed by atoms with E-state index >= 15 is 0 Å². The monoisotopic (exact) mass is 302 g/mol. The maximum Gasteiger partial charge on any atom is 0.261 e. The van der Waals surface area contributed by atoms with Crippen LogP contribution in [0.5, 0.6) is 0 Å². The summed E-state index contributed by atoms with van der Waals surface area (Å²) in [5, 5.41) is 2.69. The van der Waals surface area contributed by atoms with Gasteiger partial charge in [0.25, 0.3) is 5.91 Å². The second-order valence-electron chi connectivity index (χ2n) is 5.27. The van der Waals surface area contributed by atoms with Gasteiger partial charge in [-0.25, -0.2) is 0 Å². The van der Waals surface area contributed by atoms with Crippen LogP contribution in [0.4, 0.5) is 0 Å². The molecule has 3 rings (SSSR count). The number of carbonyl (C=O) groups is 2. The van der Waals surface area contributed by atoms with Gasteiger partial charge in [0.1, 0.15) is 0 Å². The molecular weight excluding hydrogens is 288 g/mol. The number of carbonyl (C=O) groups excluding carboxylic acids is 2. The molecule has 0 aromatic rings. The number of likely N-dealkylation sites (N-methyl/N-ethyl adjacent to an activating group) is 1. The molecule has 6 heteroatoms. The zero-order valence-electron chi connectivity index (χ0n) is 9.85. The number of halogens is 1. The Morgan fingerprint density at radius 3 is 2.82 bits per heavy atom. The zero-order chi connectivity index (χ0) is 12.4. The predicted molar refractivity (Wildman–Crippen MR) is 63.2 cm³/mol. The first-order valence-corrected chi connectivity index (χ1v) is 6.96. The smallest absolute Gasteiger partial charge is 0.261 e. The lowest BCUT2D eigenvalue weighted by Crippen LogP contribution is -2.47. The summed E-state index contributed by atoms with van der Waals surface area (Å²) >= 11 is 3.46. The van der Waals surface area contributed by atoms with E-state index in [2.05, 4.69) is 15.9 Å². The van der Waals surface area contributed by atoms with Crippen molar-refractivity contribution in [3.63, 3.8) is 0 Å². The van der Waals surface area contributed by atoms with E-state index in [0.29, 0.717) is 0 Å². The minimum absolute atomic E-state index is 0.0970. The van der Waals surface area contributed by atoms with E-state index in [1.165, 1.54) is 11.9 Å². The van der Waals surface area contributed by atoms with Crippen LogP contribution >= 0.6 is 15.9 Å². The largest absolute Gasteiger partial charge is 0.284 e. The van der Waals surface area contributed by atoms with Gasteiger partial charge in [0, 0.05) is 18.4 Å². The third kappa shape index (κ3) is 1.26. The van der Waals surface area contributed by atoms with Gasteiger partial charge in [-0.15, -0.1) is 0 Å². The van der Waals surface area contributed by atoms with Gasteiger partial charge in [-0.2, -0.15) is 5.06 Å². The molecule has 3 aliphatic heterocycles. The summed E-state index contributed by atoms with van der Waals surface area (Å²) in [5.74, 6) is -0.631. The molecule has 4 atom stereocenters. The molecule has 0 aromatic carbocycles. The number of rotatable bonds is 1. The van der Waals surface area contributed by atoms with Gasteiger partial charge in [0.2, 0.25) is 5.91 Å². The van der Waals surface area contributed by atoms with E-state index in [1.807, 2.05) is 12.0 Å². The van der Waals surface area contributed by atoms with Crippen LogP contribution in [0.15, 0.2) is 0 Å². The highest BCUT2D eigenvalue weighted by molar-refractivity contribution is 9.09. The Morgan fingerprint density at radius 2 is 2.18 bits per heavy atom. The summed E-state index contributed by atoms with van der Waals surface area (Å²) in [6, 6.07) is 0.261. The Kier molecular flexibility index (Phi) is 2.41. The third-order valence-electron chi connectivity index (χ3n) is 4.37. The normalized spacial score (nSPS) is 45.6. The molecule has 0 spiro atoms. The first-order chi connectivity index (χ1) is 8.00. The van der Waals surface area contributed by atoms with Crippen molar-refractivity contribution >= 4 is 27.7 Å². The number of hydroxylamine groups is 2. The van der Waals surface area contributed by atoms with Gasteiger partial charge >= 0.3 is 0 Å². The van der Waals surface area contributed by atoms with Crippen LogP contribution in [0.3, 0.4) is 0 Å². The van der Waals surface area contributed by atoms with Gasteiger partial charge in [-0.3, -0.25) is 19.3 Å². The summed E-state index contributed by atoms with van der Waals surface area (Å²) in [4.78, 5) is 31.0. The molecular formula is C11H15BrN2O3. The molecule has 0 radical (unpaired) electrons. The van der Waals surface area contributed by atoms with Crippen LogP contribution in [0.1, 0.15) is 19.8 Å². The molecule has 17 heavy (non-hydrogen) atoms. The number of alkyl halides is 1. The van der Waals surface area contributed by atoms with E-state index in [1.54, 1.807) is 0 Å². The van der Waals surface area contributed by atoms with Crippen LogP contribution in [-0.2, 0) is 14.4 Å². The zero-order valence-corrected chi connectivity index (χ0v) is 11.4. The van der Waals surface area contributed by atoms with Crippen LogP contribution in [0.25, 0.3) is 0 Å². The van der Waals surface area contributed by atoms with Crippen LogP contribution in [-0.4, -0.2) is 51.8 Å². The molecule has 94 valence electrons. The molecule has 0 aromatic heterocycles. The van der Waals surface area contributed by atoms with E-state index in [4.69, 9.17) is 4.84 Å². The first-order valence-electron chi connectivity index (χ1n) is 5.84. The summed E-state index contributed by atoms with van der Waals surface area (Å²) in [5.41, 5.74) is -0.319. The van der Waals surface area contributed by atoms with Crippen molar-refractivity contribution in [3.8, 4) is 0 Å². The number of fused-ring (bicyclic) bond motifs is 3. The lowest BCUT2D eigenvalue weighted by Gasteiger charge is -2.31. The minimum Gasteiger partial charge on any atom is -0.284 e. The quantitative estimate of drug-likeness (QED) is 0.524. The number of imide groups is 1. The molecule has 0 N–H and O–H groups in total. The van der Waals surface area contributed by atoms with Gasteiger partial charge in [0.05, 0.1) is 11.5 Å². The molecule has 3 heterocycles. The number of hydrogen-bond donors (Lipinski definition) is 0. The standard InChI is InChI=1S/C11H15BrN2O3/c1-11-4-3-6(5-12)14(11)17-8-7(11)9(15)13(2)10(8)16/h6-8H,3-5H2,1-2H3/t6-,7-,8+,11-/m1/s1. The average molecular weight is 303 g/mol. The number of hydrogen-bond acceptors (Lipinski definition) is 4. The number of likely N-dealkylation sites (tertiary alicyclic amines) is 1. The molecule has 0 saturated carbocycles. The Hall–Kier alpha value is -0.460. The fraction of sp³-hybridized carbons (Fsp3) is 0.818. The van der Waals surface area contributed by atoms with Crippen LogP contribution < -0.4 is 0 Å². The molecule has 3 fully saturated rings. The summed E-state index contributed by atoms with van der Waals surface area (Å²) in [7, 11) is 1.54. The Morgan fingerprint density at radius 1 is 1.47 bits per heavy atom. The number of nitrogens with zero attached hydrogens (tertiary/aromatic N) is 2. The predicted octanol–water partition coefficient (Wildman–Crippen LogP) is 0.533. The van der Waals surface area contributed by atoms with Crippen molar-refractivity contribution < 1.29 is 14.4 Å². The lowest BCUT2D eigenvalue weighted by atomic mass is 9.82. The first kappa shape index (κ1) is 11.6. The van der Waals surface area contributed by atoms with Crippen molar-refractivity contribution in [2.24, 2.45) is 5.92 Å². The fourth-order valence-corrected chi connectivity index (χ4v) is 3.93. The topological polar surface area (TPSA) is 49.9 Å². The molecule has 0 bridgehead atoms. The van der Waals surface area contributed by atoms with Crippen LogP contribution in [0, 0.1) is 5.92 Å². The summed E-state index contributed by atoms with van der Waals surface area (Å²) in [6.07, 6.45) is 1.30. The Bertz CT molecular complexity index is 402. The van der Waals surface area contributed by atoms with Gasteiger partial charge < -0.3 is 0 Å². The summed E-state index contributed by atoms with van der Waals surface area (Å²) in [6.45, 7) is 2.03. The van der Waals surface area contributed by atoms with Crippen molar-refractivity contribution in [1.29, 1.82) is 0 Å². The maximum absolute atomic E-state index is 12.1. The highest BCUT2D eigenvalue weighted by Gasteiger charge is 2.66. The summed E-state index contributed by atoms with van der Waals surface area (Å²) < 4.78 is 0. The van der Waals surface area contributed by atoms with E-state index in [0.717, 1.165) is 18.2 Å². The Labute approximate surface area is 108 Å². The van der Waals surface area contributed by atoms with Crippen molar-refractivity contribution in [2.45, 2.75) is 37.5 Å². The van der Waals surface area contributed by atoms with E-state index < -0.39 is 6.10 Å². The molecule has 3 saturated heterocycles. The van der Waals surface area contributed by atoms with Crippen LogP contribution in [0.2, 0.25) is 0 Å². The van der Waals surface area contributed by atoms with Gasteiger partial charge in [-0.1, -0.05) is 15.9 Å². The van der Waals surface area contributed by atoms with E-state index in [-0.39, 0.29) is 29.3 Å². The van der Waals surface area contributed by atoms with Crippen molar-refractivity contribution in [3.05, 3.63) is 0 Å². The van der Waals surface area contributed by atoms with E-state index in [9.17, 15) is 9.59 Å². The maximum atomic E-state index is 12.1.